The van der Waals surface area contributed by atoms with E-state index in [9.17, 15) is 0 Å². The highest BCUT2D eigenvalue weighted by Crippen LogP contribution is 2.39. The lowest BCUT2D eigenvalue weighted by atomic mass is 9.91. The number of benzene rings is 1. The Labute approximate surface area is 106 Å². The first-order chi connectivity index (χ1) is 8.65. The topological polar surface area (TPSA) is 60.1 Å². The molecule has 3 rings (SSSR count). The average molecular weight is 247 g/mol. The molecule has 0 saturated carbocycles. The van der Waals surface area contributed by atoms with Crippen LogP contribution in [0.3, 0.4) is 0 Å². The van der Waals surface area contributed by atoms with Gasteiger partial charge in [0.25, 0.3) is 0 Å². The molecule has 1 aromatic rings. The third-order valence-corrected chi connectivity index (χ3v) is 3.73. The standard InChI is InChI=1S/C13H17N3O2/c1-3-16-12(14)15-7-13(16,2)9-4-5-10-11(6-9)18-8-17-10/h4-6H,3,7-8H2,1-2H3,(H2,14,15). The summed E-state index contributed by atoms with van der Waals surface area (Å²) in [4.78, 5) is 6.48. The van der Waals surface area contributed by atoms with Gasteiger partial charge in [-0.3, -0.25) is 4.99 Å². The highest BCUT2D eigenvalue weighted by atomic mass is 16.7. The summed E-state index contributed by atoms with van der Waals surface area (Å²) in [5, 5.41) is 0. The normalized spacial score (nSPS) is 25.4. The zero-order chi connectivity index (χ0) is 12.8. The number of nitrogens with zero attached hydrogens (tertiary/aromatic N) is 2. The third-order valence-electron chi connectivity index (χ3n) is 3.73. The Morgan fingerprint density at radius 1 is 1.39 bits per heavy atom. The van der Waals surface area contributed by atoms with Gasteiger partial charge in [-0.15, -0.1) is 0 Å². The van der Waals surface area contributed by atoms with Gasteiger partial charge < -0.3 is 20.1 Å². The van der Waals surface area contributed by atoms with Gasteiger partial charge in [-0.1, -0.05) is 6.07 Å². The van der Waals surface area contributed by atoms with Gasteiger partial charge in [-0.2, -0.15) is 0 Å². The molecule has 96 valence electrons. The summed E-state index contributed by atoms with van der Waals surface area (Å²) in [6.45, 7) is 6.04. The fourth-order valence-electron chi connectivity index (χ4n) is 2.65. The molecule has 0 spiro atoms. The summed E-state index contributed by atoms with van der Waals surface area (Å²) < 4.78 is 10.8. The number of guanidine groups is 1. The maximum absolute atomic E-state index is 5.94. The highest BCUT2D eigenvalue weighted by Gasteiger charge is 2.39. The summed E-state index contributed by atoms with van der Waals surface area (Å²) in [6.07, 6.45) is 0. The van der Waals surface area contributed by atoms with Gasteiger partial charge in [-0.05, 0) is 31.5 Å². The number of ether oxygens (including phenoxy) is 2. The Kier molecular flexibility index (Phi) is 2.36. The number of likely N-dealkylation sites (N-methyl/N-ethyl adjacent to an activating group) is 1. The van der Waals surface area contributed by atoms with E-state index < -0.39 is 0 Å². The number of aliphatic imine (C=N–C) groups is 1. The lowest BCUT2D eigenvalue weighted by Gasteiger charge is -2.35. The second-order valence-corrected chi connectivity index (χ2v) is 4.76. The molecule has 18 heavy (non-hydrogen) atoms. The molecular formula is C13H17N3O2. The van der Waals surface area contributed by atoms with Crippen LogP contribution in [0.5, 0.6) is 11.5 Å². The molecule has 1 unspecified atom stereocenters. The SMILES string of the molecule is CCN1C(N)=NCC1(C)c1ccc2c(c1)OCO2. The van der Waals surface area contributed by atoms with Crippen molar-refractivity contribution in [2.75, 3.05) is 19.9 Å². The second kappa shape index (κ2) is 3.80. The number of fused-ring (bicyclic) bond motifs is 1. The van der Waals surface area contributed by atoms with Crippen molar-refractivity contribution in [3.63, 3.8) is 0 Å². The number of hydrogen-bond acceptors (Lipinski definition) is 5. The van der Waals surface area contributed by atoms with Gasteiger partial charge in [0.1, 0.15) is 0 Å². The predicted molar refractivity (Wildman–Crippen MR) is 68.8 cm³/mol. The Balaban J connectivity index is 2.00. The van der Waals surface area contributed by atoms with Crippen molar-refractivity contribution < 1.29 is 9.47 Å². The van der Waals surface area contributed by atoms with Crippen molar-refractivity contribution in [2.24, 2.45) is 10.7 Å². The third kappa shape index (κ3) is 1.43. The van der Waals surface area contributed by atoms with Crippen LogP contribution in [0, 0.1) is 0 Å². The van der Waals surface area contributed by atoms with E-state index in [0.717, 1.165) is 23.6 Å². The summed E-state index contributed by atoms with van der Waals surface area (Å²) in [7, 11) is 0. The molecule has 2 aliphatic rings. The smallest absolute Gasteiger partial charge is 0.231 e. The summed E-state index contributed by atoms with van der Waals surface area (Å²) in [5.41, 5.74) is 6.89. The minimum absolute atomic E-state index is 0.195. The van der Waals surface area contributed by atoms with Crippen LogP contribution in [0.2, 0.25) is 0 Å². The average Bonchev–Trinajstić information content (AvgIpc) is 2.94. The minimum Gasteiger partial charge on any atom is -0.454 e. The molecule has 5 heteroatoms. The lowest BCUT2D eigenvalue weighted by molar-refractivity contribution is 0.173. The minimum atomic E-state index is -0.195. The van der Waals surface area contributed by atoms with Crippen molar-refractivity contribution in [3.05, 3.63) is 23.8 Å². The van der Waals surface area contributed by atoms with Crippen LogP contribution in [0.25, 0.3) is 0 Å². The monoisotopic (exact) mass is 247 g/mol. The summed E-state index contributed by atoms with van der Waals surface area (Å²) >= 11 is 0. The van der Waals surface area contributed by atoms with Crippen LogP contribution in [-0.2, 0) is 5.54 Å². The maximum Gasteiger partial charge on any atom is 0.231 e. The highest BCUT2D eigenvalue weighted by molar-refractivity contribution is 5.81. The van der Waals surface area contributed by atoms with Gasteiger partial charge in [-0.25, -0.2) is 0 Å². The van der Waals surface area contributed by atoms with E-state index in [2.05, 4.69) is 29.8 Å². The van der Waals surface area contributed by atoms with E-state index in [4.69, 9.17) is 15.2 Å². The molecule has 5 nitrogen and oxygen atoms in total. The van der Waals surface area contributed by atoms with E-state index >= 15 is 0 Å². The van der Waals surface area contributed by atoms with Gasteiger partial charge in [0.15, 0.2) is 17.5 Å². The zero-order valence-electron chi connectivity index (χ0n) is 10.6. The fraction of sp³-hybridized carbons (Fsp3) is 0.462. The van der Waals surface area contributed by atoms with E-state index in [1.54, 1.807) is 0 Å². The molecule has 2 N–H and O–H groups in total. The van der Waals surface area contributed by atoms with Crippen LogP contribution < -0.4 is 15.2 Å². The molecule has 1 atom stereocenters. The van der Waals surface area contributed by atoms with Gasteiger partial charge in [0, 0.05) is 6.54 Å². The molecule has 0 aromatic heterocycles. The van der Waals surface area contributed by atoms with Crippen LogP contribution >= 0.6 is 0 Å². The Morgan fingerprint density at radius 2 is 2.17 bits per heavy atom. The summed E-state index contributed by atoms with van der Waals surface area (Å²) in [6, 6.07) is 6.04. The molecule has 0 fully saturated rings. The molecule has 0 bridgehead atoms. The van der Waals surface area contributed by atoms with Crippen LogP contribution in [0.15, 0.2) is 23.2 Å². The second-order valence-electron chi connectivity index (χ2n) is 4.76. The predicted octanol–water partition coefficient (Wildman–Crippen LogP) is 1.28. The molecule has 2 aliphatic heterocycles. The number of rotatable bonds is 2. The molecular weight excluding hydrogens is 230 g/mol. The first-order valence-corrected chi connectivity index (χ1v) is 6.13. The Hall–Kier alpha value is -1.91. The van der Waals surface area contributed by atoms with Crippen LogP contribution in [0.4, 0.5) is 0 Å². The first kappa shape index (κ1) is 11.2. The van der Waals surface area contributed by atoms with Gasteiger partial charge in [0.05, 0.1) is 12.1 Å². The maximum atomic E-state index is 5.94. The molecule has 0 saturated heterocycles. The van der Waals surface area contributed by atoms with Crippen molar-refractivity contribution in [3.8, 4) is 11.5 Å². The molecule has 0 radical (unpaired) electrons. The molecule has 1 aromatic carbocycles. The number of hydrogen-bond donors (Lipinski definition) is 1. The van der Waals surface area contributed by atoms with Crippen molar-refractivity contribution in [1.29, 1.82) is 0 Å². The van der Waals surface area contributed by atoms with Gasteiger partial charge >= 0.3 is 0 Å². The quantitative estimate of drug-likeness (QED) is 0.855. The lowest BCUT2D eigenvalue weighted by Crippen LogP contribution is -2.47. The zero-order valence-corrected chi connectivity index (χ0v) is 10.6. The van der Waals surface area contributed by atoms with Gasteiger partial charge in [0.2, 0.25) is 6.79 Å². The van der Waals surface area contributed by atoms with Crippen molar-refractivity contribution >= 4 is 5.96 Å². The van der Waals surface area contributed by atoms with Crippen LogP contribution in [-0.4, -0.2) is 30.7 Å². The number of nitrogens with two attached hydrogens (primary N) is 1. The molecule has 2 heterocycles. The van der Waals surface area contributed by atoms with E-state index in [-0.39, 0.29) is 5.54 Å². The Bertz CT molecular complexity index is 515. The van der Waals surface area contributed by atoms with Crippen molar-refractivity contribution in [1.82, 2.24) is 4.90 Å². The summed E-state index contributed by atoms with van der Waals surface area (Å²) in [5.74, 6) is 2.21. The largest absolute Gasteiger partial charge is 0.454 e. The molecule has 0 amide bonds. The fourth-order valence-corrected chi connectivity index (χ4v) is 2.65. The van der Waals surface area contributed by atoms with E-state index in [1.165, 1.54) is 0 Å². The van der Waals surface area contributed by atoms with E-state index in [0.29, 0.717) is 19.3 Å². The Morgan fingerprint density at radius 3 is 2.94 bits per heavy atom. The first-order valence-electron chi connectivity index (χ1n) is 6.13. The van der Waals surface area contributed by atoms with Crippen LogP contribution in [0.1, 0.15) is 19.4 Å². The van der Waals surface area contributed by atoms with Crippen molar-refractivity contribution in [2.45, 2.75) is 19.4 Å². The van der Waals surface area contributed by atoms with E-state index in [1.807, 2.05) is 12.1 Å². The molecule has 0 aliphatic carbocycles.